The van der Waals surface area contributed by atoms with Gasteiger partial charge in [0.1, 0.15) is 23.0 Å². The molecule has 2 heterocycles. The molecule has 3 aromatic rings. The van der Waals surface area contributed by atoms with E-state index < -0.39 is 29.5 Å². The van der Waals surface area contributed by atoms with Gasteiger partial charge in [-0.1, -0.05) is 13.8 Å². The molecule has 1 aliphatic carbocycles. The first-order valence-electron chi connectivity index (χ1n) is 12.4. The molecule has 0 spiro atoms. The predicted octanol–water partition coefficient (Wildman–Crippen LogP) is 3.39. The van der Waals surface area contributed by atoms with E-state index in [2.05, 4.69) is 10.6 Å². The molecule has 0 saturated heterocycles. The van der Waals surface area contributed by atoms with Crippen LogP contribution in [0, 0.1) is 12.8 Å². The fourth-order valence-corrected chi connectivity index (χ4v) is 4.83. The van der Waals surface area contributed by atoms with Crippen LogP contribution in [0.5, 0.6) is 0 Å². The molecule has 0 radical (unpaired) electrons. The summed E-state index contributed by atoms with van der Waals surface area (Å²) >= 11 is 0. The van der Waals surface area contributed by atoms with Crippen molar-refractivity contribution in [2.45, 2.75) is 71.8 Å². The van der Waals surface area contributed by atoms with E-state index in [0.717, 1.165) is 42.2 Å². The molecule has 1 aliphatic rings. The van der Waals surface area contributed by atoms with Crippen LogP contribution >= 0.6 is 0 Å². The summed E-state index contributed by atoms with van der Waals surface area (Å²) in [7, 11) is 0. The number of fused-ring (bicyclic) bond motifs is 4. The average Bonchev–Trinajstić information content (AvgIpc) is 3.19. The Morgan fingerprint density at radius 3 is 2.50 bits per heavy atom. The molecule has 9 nitrogen and oxygen atoms in total. The molecule has 0 saturated carbocycles. The number of aryl methyl sites for hydroxylation is 3. The number of rotatable bonds is 9. The molecule has 0 unspecified atom stereocenters. The number of hydrogen-bond donors (Lipinski definition) is 3. The first kappa shape index (κ1) is 25.5. The van der Waals surface area contributed by atoms with Crippen LogP contribution in [0.25, 0.3) is 21.9 Å². The lowest BCUT2D eigenvalue weighted by molar-refractivity contribution is -0.137. The van der Waals surface area contributed by atoms with E-state index in [-0.39, 0.29) is 30.9 Å². The Morgan fingerprint density at radius 2 is 1.78 bits per heavy atom. The monoisotopic (exact) mass is 496 g/mol. The van der Waals surface area contributed by atoms with Gasteiger partial charge in [0.05, 0.1) is 12.0 Å². The van der Waals surface area contributed by atoms with Crippen molar-refractivity contribution in [2.24, 2.45) is 5.92 Å². The van der Waals surface area contributed by atoms with Gasteiger partial charge in [-0.2, -0.15) is 0 Å². The van der Waals surface area contributed by atoms with Crippen molar-refractivity contribution in [3.63, 3.8) is 0 Å². The number of nitrogens with one attached hydrogen (secondary N) is 2. The van der Waals surface area contributed by atoms with Crippen molar-refractivity contribution in [3.8, 4) is 0 Å². The van der Waals surface area contributed by atoms with Crippen molar-refractivity contribution in [3.05, 3.63) is 45.0 Å². The van der Waals surface area contributed by atoms with Crippen LogP contribution in [0.1, 0.15) is 62.0 Å². The zero-order chi connectivity index (χ0) is 26.0. The number of carboxylic acid groups (broad SMARTS) is 1. The highest BCUT2D eigenvalue weighted by atomic mass is 16.4. The second-order valence-corrected chi connectivity index (χ2v) is 9.80. The Balaban J connectivity index is 1.54. The van der Waals surface area contributed by atoms with Gasteiger partial charge < -0.3 is 24.6 Å². The summed E-state index contributed by atoms with van der Waals surface area (Å²) in [5.74, 6) is -1.00. The summed E-state index contributed by atoms with van der Waals surface area (Å²) in [4.78, 5) is 48.9. The minimum Gasteiger partial charge on any atom is -0.481 e. The van der Waals surface area contributed by atoms with Gasteiger partial charge in [-0.15, -0.1) is 0 Å². The molecule has 0 aliphatic heterocycles. The lowest BCUT2D eigenvalue weighted by Gasteiger charge is -2.22. The highest BCUT2D eigenvalue weighted by molar-refractivity contribution is 5.97. The molecule has 1 aromatic carbocycles. The maximum Gasteiger partial charge on any atom is 0.340 e. The zero-order valence-corrected chi connectivity index (χ0v) is 20.9. The number of carboxylic acids is 1. The summed E-state index contributed by atoms with van der Waals surface area (Å²) in [5.41, 5.74) is 2.66. The minimum atomic E-state index is -0.934. The topological polar surface area (TPSA) is 139 Å². The molecule has 0 bridgehead atoms. The largest absolute Gasteiger partial charge is 0.481 e. The van der Waals surface area contributed by atoms with E-state index in [1.54, 1.807) is 26.8 Å². The van der Waals surface area contributed by atoms with E-state index in [1.165, 1.54) is 5.56 Å². The third-order valence-corrected chi connectivity index (χ3v) is 6.83. The molecule has 2 amide bonds. The summed E-state index contributed by atoms with van der Waals surface area (Å²) in [6, 6.07) is 2.93. The number of aliphatic carboxylic acids is 1. The van der Waals surface area contributed by atoms with Gasteiger partial charge in [-0.05, 0) is 50.2 Å². The van der Waals surface area contributed by atoms with Crippen LogP contribution in [0.2, 0.25) is 0 Å². The Kier molecular flexibility index (Phi) is 7.47. The molecule has 1 atom stereocenters. The van der Waals surface area contributed by atoms with Crippen LogP contribution in [-0.2, 0) is 33.6 Å². The van der Waals surface area contributed by atoms with E-state index in [1.807, 2.05) is 6.07 Å². The second kappa shape index (κ2) is 10.6. The number of hydrogen-bond acceptors (Lipinski definition) is 6. The molecule has 0 fully saturated rings. The molecule has 2 aromatic heterocycles. The van der Waals surface area contributed by atoms with Crippen molar-refractivity contribution in [1.82, 2.24) is 10.6 Å². The smallest absolute Gasteiger partial charge is 0.340 e. The van der Waals surface area contributed by atoms with Crippen LogP contribution in [-0.4, -0.2) is 35.5 Å². The highest BCUT2D eigenvalue weighted by Gasteiger charge is 2.26. The maximum atomic E-state index is 12.9. The van der Waals surface area contributed by atoms with Crippen LogP contribution in [0.15, 0.2) is 25.8 Å². The third-order valence-electron chi connectivity index (χ3n) is 6.83. The van der Waals surface area contributed by atoms with Gasteiger partial charge in [0.2, 0.25) is 11.8 Å². The highest BCUT2D eigenvalue weighted by Crippen LogP contribution is 2.35. The Morgan fingerprint density at radius 1 is 1.06 bits per heavy atom. The predicted molar refractivity (Wildman–Crippen MR) is 134 cm³/mol. The van der Waals surface area contributed by atoms with Gasteiger partial charge >= 0.3 is 11.6 Å². The minimum absolute atomic E-state index is 0.0517. The number of amides is 2. The first-order chi connectivity index (χ1) is 17.2. The van der Waals surface area contributed by atoms with E-state index >= 15 is 0 Å². The number of carbonyl (C=O) groups is 3. The molecular weight excluding hydrogens is 464 g/mol. The lowest BCUT2D eigenvalue weighted by Crippen LogP contribution is -2.50. The summed E-state index contributed by atoms with van der Waals surface area (Å²) < 4.78 is 11.6. The maximum absolute atomic E-state index is 12.9. The zero-order valence-electron chi connectivity index (χ0n) is 20.9. The SMILES string of the molecule is Cc1c(CC(=O)N[C@@H](C(=O)NCCCC(=O)O)C(C)C)c(=O)oc2cc3oc4c(c3cc12)CCCC4. The van der Waals surface area contributed by atoms with E-state index in [9.17, 15) is 19.2 Å². The van der Waals surface area contributed by atoms with Gasteiger partial charge in [-0.25, -0.2) is 4.79 Å². The van der Waals surface area contributed by atoms with Gasteiger partial charge in [-0.3, -0.25) is 14.4 Å². The van der Waals surface area contributed by atoms with Crippen molar-refractivity contribution in [2.75, 3.05) is 6.54 Å². The second-order valence-electron chi connectivity index (χ2n) is 9.80. The van der Waals surface area contributed by atoms with Crippen molar-refractivity contribution < 1.29 is 28.3 Å². The first-order valence-corrected chi connectivity index (χ1v) is 12.4. The van der Waals surface area contributed by atoms with E-state index in [4.69, 9.17) is 13.9 Å². The van der Waals surface area contributed by atoms with E-state index in [0.29, 0.717) is 23.2 Å². The standard InChI is InChI=1S/C27H32N2O7/c1-14(2)25(26(33)28-10-6-9-24(31)32)29-23(30)12-18-15(3)17-11-19-16-7-4-5-8-20(16)35-22(19)13-21(17)36-27(18)34/h11,13-14,25H,4-10,12H2,1-3H3,(H,28,33)(H,29,30)(H,31,32)/t25-/m1/s1. The molecule has 3 N–H and O–H groups in total. The summed E-state index contributed by atoms with van der Waals surface area (Å²) in [5, 5.41) is 15.9. The summed E-state index contributed by atoms with van der Waals surface area (Å²) in [6.07, 6.45) is 4.08. The van der Waals surface area contributed by atoms with Crippen LogP contribution in [0.4, 0.5) is 0 Å². The molecular formula is C27H32N2O7. The Bertz CT molecular complexity index is 1380. The molecule has 192 valence electrons. The number of benzene rings is 1. The molecule has 36 heavy (non-hydrogen) atoms. The third kappa shape index (κ3) is 5.29. The Labute approximate surface area is 208 Å². The van der Waals surface area contributed by atoms with Gasteiger partial charge in [0.25, 0.3) is 0 Å². The van der Waals surface area contributed by atoms with Crippen molar-refractivity contribution in [1.29, 1.82) is 0 Å². The normalized spacial score (nSPS) is 14.1. The van der Waals surface area contributed by atoms with Crippen LogP contribution < -0.4 is 16.3 Å². The average molecular weight is 497 g/mol. The van der Waals surface area contributed by atoms with Gasteiger partial charge in [0, 0.05) is 41.8 Å². The van der Waals surface area contributed by atoms with Crippen LogP contribution in [0.3, 0.4) is 0 Å². The number of carbonyl (C=O) groups excluding carboxylic acids is 2. The lowest BCUT2D eigenvalue weighted by atomic mass is 9.94. The quantitative estimate of drug-likeness (QED) is 0.305. The van der Waals surface area contributed by atoms with Gasteiger partial charge in [0.15, 0.2) is 0 Å². The number of furan rings is 1. The van der Waals surface area contributed by atoms with Crippen molar-refractivity contribution >= 4 is 39.7 Å². The Hall–Kier alpha value is -3.62. The molecule has 9 heteroatoms. The fourth-order valence-electron chi connectivity index (χ4n) is 4.83. The summed E-state index contributed by atoms with van der Waals surface area (Å²) in [6.45, 7) is 5.60. The molecule has 4 rings (SSSR count). The fraction of sp³-hybridized carbons (Fsp3) is 0.481.